The van der Waals surface area contributed by atoms with Gasteiger partial charge in [0.25, 0.3) is 5.91 Å². The van der Waals surface area contributed by atoms with Crippen LogP contribution in [-0.4, -0.2) is 37.9 Å². The molecule has 1 heterocycles. The van der Waals surface area contributed by atoms with Crippen molar-refractivity contribution in [2.45, 2.75) is 37.5 Å². The molecular weight excluding hydrogens is 309 g/mol. The second kappa shape index (κ2) is 7.31. The smallest absolute Gasteiger partial charge is 0.368 e. The second-order valence-electron chi connectivity index (χ2n) is 5.71. The van der Waals surface area contributed by atoms with Crippen LogP contribution >= 0.6 is 0 Å². The largest absolute Gasteiger partial charge is 0.389 e. The summed E-state index contributed by atoms with van der Waals surface area (Å²) in [7, 11) is 1.52. The number of rotatable bonds is 5. The highest BCUT2D eigenvalue weighted by molar-refractivity contribution is 5.97. The number of nitrogens with one attached hydrogen (secondary N) is 2. The lowest BCUT2D eigenvalue weighted by atomic mass is 9.91. The van der Waals surface area contributed by atoms with E-state index in [-0.39, 0.29) is 12.3 Å². The van der Waals surface area contributed by atoms with E-state index >= 15 is 0 Å². The molecule has 1 amide bonds. The number of carbonyl (C=O) groups is 1. The van der Waals surface area contributed by atoms with E-state index in [1.54, 1.807) is 24.3 Å². The SMILES string of the molecule is COC1(C(=O)Nc2ccc(CCC(F)(F)F)cc2)CCNCC1. The Hall–Kier alpha value is -1.60. The van der Waals surface area contributed by atoms with Gasteiger partial charge in [0.2, 0.25) is 0 Å². The van der Waals surface area contributed by atoms with Crippen molar-refractivity contribution in [2.75, 3.05) is 25.5 Å². The quantitative estimate of drug-likeness (QED) is 0.873. The average molecular weight is 330 g/mol. The second-order valence-corrected chi connectivity index (χ2v) is 5.71. The van der Waals surface area contributed by atoms with E-state index in [0.717, 1.165) is 0 Å². The number of aryl methyl sites for hydroxylation is 1. The number of anilines is 1. The Balaban J connectivity index is 1.96. The Labute approximate surface area is 133 Å². The van der Waals surface area contributed by atoms with Gasteiger partial charge in [-0.2, -0.15) is 13.2 Å². The highest BCUT2D eigenvalue weighted by atomic mass is 19.4. The number of amides is 1. The summed E-state index contributed by atoms with van der Waals surface area (Å²) in [5.74, 6) is -0.218. The molecule has 0 bridgehead atoms. The number of hydrogen-bond acceptors (Lipinski definition) is 3. The molecule has 0 aromatic heterocycles. The van der Waals surface area contributed by atoms with Gasteiger partial charge in [0.15, 0.2) is 0 Å². The fourth-order valence-electron chi connectivity index (χ4n) is 2.64. The molecule has 1 aromatic carbocycles. The van der Waals surface area contributed by atoms with E-state index in [4.69, 9.17) is 4.74 Å². The first-order valence-electron chi connectivity index (χ1n) is 7.58. The maximum absolute atomic E-state index is 12.4. The maximum Gasteiger partial charge on any atom is 0.389 e. The zero-order valence-electron chi connectivity index (χ0n) is 13.0. The lowest BCUT2D eigenvalue weighted by Crippen LogP contribution is -2.51. The molecule has 0 radical (unpaired) electrons. The molecule has 7 heteroatoms. The number of ether oxygens (including phenoxy) is 1. The van der Waals surface area contributed by atoms with Crippen LogP contribution in [0.15, 0.2) is 24.3 Å². The number of methoxy groups -OCH3 is 1. The summed E-state index contributed by atoms with van der Waals surface area (Å²) in [6.07, 6.45) is -3.91. The van der Waals surface area contributed by atoms with E-state index in [1.807, 2.05) is 0 Å². The van der Waals surface area contributed by atoms with Crippen LogP contribution in [-0.2, 0) is 16.0 Å². The number of piperidine rings is 1. The number of benzene rings is 1. The van der Waals surface area contributed by atoms with Gasteiger partial charge < -0.3 is 15.4 Å². The lowest BCUT2D eigenvalue weighted by Gasteiger charge is -2.34. The molecule has 0 spiro atoms. The summed E-state index contributed by atoms with van der Waals surface area (Å²) in [4.78, 5) is 12.4. The van der Waals surface area contributed by atoms with E-state index in [1.165, 1.54) is 7.11 Å². The van der Waals surface area contributed by atoms with E-state index < -0.39 is 18.2 Å². The predicted molar refractivity (Wildman–Crippen MR) is 81.3 cm³/mol. The third kappa shape index (κ3) is 4.94. The van der Waals surface area contributed by atoms with Crippen LogP contribution in [0.25, 0.3) is 0 Å². The first kappa shape index (κ1) is 17.7. The molecule has 0 aliphatic carbocycles. The number of hydrogen-bond donors (Lipinski definition) is 2. The van der Waals surface area contributed by atoms with Gasteiger partial charge in [-0.1, -0.05) is 12.1 Å². The van der Waals surface area contributed by atoms with Crippen molar-refractivity contribution >= 4 is 11.6 Å². The van der Waals surface area contributed by atoms with Crippen LogP contribution in [0.3, 0.4) is 0 Å². The van der Waals surface area contributed by atoms with Crippen LogP contribution in [0.2, 0.25) is 0 Å². The molecule has 1 saturated heterocycles. The summed E-state index contributed by atoms with van der Waals surface area (Å²) >= 11 is 0. The van der Waals surface area contributed by atoms with Gasteiger partial charge in [-0.05, 0) is 50.0 Å². The van der Waals surface area contributed by atoms with Gasteiger partial charge in [-0.15, -0.1) is 0 Å². The molecular formula is C16H21F3N2O2. The topological polar surface area (TPSA) is 50.4 Å². The van der Waals surface area contributed by atoms with Gasteiger partial charge in [-0.25, -0.2) is 0 Å². The van der Waals surface area contributed by atoms with Crippen LogP contribution in [0.4, 0.5) is 18.9 Å². The minimum atomic E-state index is -4.16. The van der Waals surface area contributed by atoms with E-state index in [0.29, 0.717) is 37.2 Å². The monoisotopic (exact) mass is 330 g/mol. The molecule has 1 aliphatic heterocycles. The Morgan fingerprint density at radius 1 is 1.26 bits per heavy atom. The Kier molecular flexibility index (Phi) is 5.64. The summed E-state index contributed by atoms with van der Waals surface area (Å²) in [5.41, 5.74) is 0.296. The zero-order valence-corrected chi connectivity index (χ0v) is 13.0. The summed E-state index contributed by atoms with van der Waals surface area (Å²) < 4.78 is 42.0. The van der Waals surface area contributed by atoms with Crippen molar-refractivity contribution in [1.29, 1.82) is 0 Å². The van der Waals surface area contributed by atoms with Gasteiger partial charge in [0.05, 0.1) is 0 Å². The molecule has 0 saturated carbocycles. The van der Waals surface area contributed by atoms with Crippen molar-refractivity contribution < 1.29 is 22.7 Å². The minimum absolute atomic E-state index is 0.0641. The van der Waals surface area contributed by atoms with Crippen LogP contribution in [0.1, 0.15) is 24.8 Å². The normalized spacial score (nSPS) is 17.7. The van der Waals surface area contributed by atoms with Gasteiger partial charge in [0.1, 0.15) is 5.60 Å². The molecule has 2 rings (SSSR count). The first-order chi connectivity index (χ1) is 10.8. The van der Waals surface area contributed by atoms with Crippen LogP contribution < -0.4 is 10.6 Å². The highest BCUT2D eigenvalue weighted by Gasteiger charge is 2.39. The standard InChI is InChI=1S/C16H21F3N2O2/c1-23-15(8-10-20-11-9-15)14(22)21-13-4-2-12(3-5-13)6-7-16(17,18)19/h2-5,20H,6-11H2,1H3,(H,21,22). The molecule has 1 aliphatic rings. The number of carbonyl (C=O) groups excluding carboxylic acids is 1. The molecule has 4 nitrogen and oxygen atoms in total. The van der Waals surface area contributed by atoms with Crippen molar-refractivity contribution in [2.24, 2.45) is 0 Å². The molecule has 1 aromatic rings. The average Bonchev–Trinajstić information content (AvgIpc) is 2.54. The highest BCUT2D eigenvalue weighted by Crippen LogP contribution is 2.25. The summed E-state index contributed by atoms with van der Waals surface area (Å²) in [5, 5.41) is 5.96. The molecule has 1 fully saturated rings. The molecule has 128 valence electrons. The van der Waals surface area contributed by atoms with Crippen LogP contribution in [0.5, 0.6) is 0 Å². The zero-order chi connectivity index (χ0) is 16.9. The third-order valence-corrected chi connectivity index (χ3v) is 4.12. The molecule has 0 unspecified atom stereocenters. The molecule has 2 N–H and O–H groups in total. The van der Waals surface area contributed by atoms with E-state index in [9.17, 15) is 18.0 Å². The Morgan fingerprint density at radius 3 is 2.39 bits per heavy atom. The van der Waals surface area contributed by atoms with E-state index in [2.05, 4.69) is 10.6 Å². The van der Waals surface area contributed by atoms with Crippen LogP contribution in [0, 0.1) is 0 Å². The third-order valence-electron chi connectivity index (χ3n) is 4.12. The fourth-order valence-corrected chi connectivity index (χ4v) is 2.64. The minimum Gasteiger partial charge on any atom is -0.368 e. The van der Waals surface area contributed by atoms with Crippen molar-refractivity contribution in [3.63, 3.8) is 0 Å². The summed E-state index contributed by atoms with van der Waals surface area (Å²) in [6, 6.07) is 6.44. The number of alkyl halides is 3. The van der Waals surface area contributed by atoms with Crippen molar-refractivity contribution in [3.8, 4) is 0 Å². The van der Waals surface area contributed by atoms with Crippen molar-refractivity contribution in [1.82, 2.24) is 5.32 Å². The Bertz CT molecular complexity index is 523. The molecule has 0 atom stereocenters. The van der Waals surface area contributed by atoms with Gasteiger partial charge in [0, 0.05) is 19.2 Å². The Morgan fingerprint density at radius 2 is 1.87 bits per heavy atom. The molecule has 23 heavy (non-hydrogen) atoms. The lowest BCUT2D eigenvalue weighted by molar-refractivity contribution is -0.140. The van der Waals surface area contributed by atoms with Gasteiger partial charge >= 0.3 is 6.18 Å². The fraction of sp³-hybridized carbons (Fsp3) is 0.562. The predicted octanol–water partition coefficient (Wildman–Crippen LogP) is 2.89. The maximum atomic E-state index is 12.4. The number of halogens is 3. The van der Waals surface area contributed by atoms with Gasteiger partial charge in [-0.3, -0.25) is 4.79 Å². The first-order valence-corrected chi connectivity index (χ1v) is 7.58. The summed E-state index contributed by atoms with van der Waals surface area (Å²) in [6.45, 7) is 1.41. The van der Waals surface area contributed by atoms with Crippen molar-refractivity contribution in [3.05, 3.63) is 29.8 Å².